The van der Waals surface area contributed by atoms with Crippen LogP contribution in [-0.2, 0) is 11.3 Å². The number of thiazole rings is 1. The smallest absolute Gasteiger partial charge is 0.225 e. The van der Waals surface area contributed by atoms with Crippen LogP contribution in [0.15, 0.2) is 54.6 Å². The zero-order valence-electron chi connectivity index (χ0n) is 17.8. The Morgan fingerprint density at radius 2 is 2.06 bits per heavy atom. The molecular formula is C24H24ClN5OS. The van der Waals surface area contributed by atoms with Crippen LogP contribution in [-0.4, -0.2) is 33.8 Å². The molecule has 4 aromatic rings. The van der Waals surface area contributed by atoms with E-state index in [-0.39, 0.29) is 11.8 Å². The molecule has 164 valence electrons. The Hall–Kier alpha value is -2.90. The summed E-state index contributed by atoms with van der Waals surface area (Å²) in [7, 11) is 0. The third kappa shape index (κ3) is 4.23. The van der Waals surface area contributed by atoms with Gasteiger partial charge in [-0.15, -0.1) is 0 Å². The molecule has 2 aromatic carbocycles. The van der Waals surface area contributed by atoms with Crippen LogP contribution in [0.1, 0.15) is 24.1 Å². The van der Waals surface area contributed by atoms with Crippen molar-refractivity contribution in [1.29, 1.82) is 0 Å². The van der Waals surface area contributed by atoms with Crippen LogP contribution in [0.5, 0.6) is 0 Å². The van der Waals surface area contributed by atoms with E-state index < -0.39 is 0 Å². The zero-order valence-corrected chi connectivity index (χ0v) is 19.4. The van der Waals surface area contributed by atoms with Crippen LogP contribution in [0, 0.1) is 12.8 Å². The van der Waals surface area contributed by atoms with Crippen molar-refractivity contribution < 1.29 is 4.79 Å². The fourth-order valence-electron chi connectivity index (χ4n) is 4.15. The van der Waals surface area contributed by atoms with Gasteiger partial charge in [0.2, 0.25) is 5.91 Å². The zero-order chi connectivity index (χ0) is 22.1. The van der Waals surface area contributed by atoms with Gasteiger partial charge < -0.3 is 10.2 Å². The Morgan fingerprint density at radius 3 is 2.88 bits per heavy atom. The van der Waals surface area contributed by atoms with Crippen LogP contribution in [0.2, 0.25) is 5.02 Å². The maximum atomic E-state index is 12.8. The number of hydrogen-bond donors (Lipinski definition) is 1. The Balaban J connectivity index is 1.31. The van der Waals surface area contributed by atoms with E-state index in [0.717, 1.165) is 51.8 Å². The minimum Gasteiger partial charge on any atom is -0.352 e. The lowest BCUT2D eigenvalue weighted by atomic mass is 9.97. The summed E-state index contributed by atoms with van der Waals surface area (Å²) in [6.45, 7) is 4.09. The van der Waals surface area contributed by atoms with Crippen molar-refractivity contribution in [3.63, 3.8) is 0 Å². The molecule has 1 saturated heterocycles. The summed E-state index contributed by atoms with van der Waals surface area (Å²) in [5.74, 6) is 0.0316. The number of carbonyl (C=O) groups excluding carboxylic acids is 1. The van der Waals surface area contributed by atoms with E-state index in [2.05, 4.69) is 15.3 Å². The second-order valence-corrected chi connectivity index (χ2v) is 9.53. The van der Waals surface area contributed by atoms with Gasteiger partial charge in [-0.3, -0.25) is 4.79 Å². The summed E-state index contributed by atoms with van der Waals surface area (Å²) < 4.78 is 3.00. The van der Waals surface area contributed by atoms with Crippen molar-refractivity contribution in [2.24, 2.45) is 5.92 Å². The van der Waals surface area contributed by atoms with Gasteiger partial charge in [0.1, 0.15) is 0 Å². The summed E-state index contributed by atoms with van der Waals surface area (Å²) in [4.78, 5) is 20.0. The van der Waals surface area contributed by atoms with E-state index in [1.807, 2.05) is 66.2 Å². The maximum Gasteiger partial charge on any atom is 0.225 e. The summed E-state index contributed by atoms with van der Waals surface area (Å²) in [6.07, 6.45) is 1.86. The van der Waals surface area contributed by atoms with E-state index in [9.17, 15) is 4.79 Å². The van der Waals surface area contributed by atoms with E-state index in [4.69, 9.17) is 16.6 Å². The van der Waals surface area contributed by atoms with Crippen molar-refractivity contribution >= 4 is 44.3 Å². The SMILES string of the molecule is Cc1nn(-c2ccccc2)c2nc(N3CCC[C@H](C(=O)NCc4cccc(Cl)c4)C3)sc12. The average molecular weight is 466 g/mol. The minimum atomic E-state index is -0.0540. The minimum absolute atomic E-state index is 0.0540. The third-order valence-electron chi connectivity index (χ3n) is 5.80. The highest BCUT2D eigenvalue weighted by Crippen LogP contribution is 2.34. The molecule has 3 heterocycles. The highest BCUT2D eigenvalue weighted by molar-refractivity contribution is 7.22. The van der Waals surface area contributed by atoms with Crippen molar-refractivity contribution in [3.8, 4) is 5.69 Å². The Labute approximate surface area is 195 Å². The first-order valence-electron chi connectivity index (χ1n) is 10.8. The number of halogens is 1. The summed E-state index contributed by atoms with van der Waals surface area (Å²) >= 11 is 7.71. The number of aryl methyl sites for hydroxylation is 1. The van der Waals surface area contributed by atoms with Crippen LogP contribution in [0.4, 0.5) is 5.13 Å². The number of nitrogens with zero attached hydrogens (tertiary/aromatic N) is 4. The monoisotopic (exact) mass is 465 g/mol. The number of fused-ring (bicyclic) bond motifs is 1. The van der Waals surface area contributed by atoms with Crippen LogP contribution in [0.25, 0.3) is 16.0 Å². The molecule has 1 fully saturated rings. The van der Waals surface area contributed by atoms with E-state index in [1.54, 1.807) is 11.3 Å². The first kappa shape index (κ1) is 21.0. The molecule has 0 saturated carbocycles. The van der Waals surface area contributed by atoms with Crippen LogP contribution < -0.4 is 10.2 Å². The quantitative estimate of drug-likeness (QED) is 0.451. The number of hydrogen-bond acceptors (Lipinski definition) is 5. The largest absolute Gasteiger partial charge is 0.352 e. The predicted molar refractivity (Wildman–Crippen MR) is 130 cm³/mol. The molecule has 0 bridgehead atoms. The van der Waals surface area contributed by atoms with Gasteiger partial charge in [-0.25, -0.2) is 4.68 Å². The number of nitrogens with one attached hydrogen (secondary N) is 1. The van der Waals surface area contributed by atoms with Crippen LogP contribution >= 0.6 is 22.9 Å². The number of rotatable bonds is 5. The first-order chi connectivity index (χ1) is 15.6. The molecule has 0 spiro atoms. The topological polar surface area (TPSA) is 63.1 Å². The fourth-order valence-corrected chi connectivity index (χ4v) is 5.39. The van der Waals surface area contributed by atoms with Crippen LogP contribution in [0.3, 0.4) is 0 Å². The van der Waals surface area contributed by atoms with E-state index in [1.165, 1.54) is 0 Å². The second-order valence-electron chi connectivity index (χ2n) is 8.11. The number of para-hydroxylation sites is 1. The number of anilines is 1. The highest BCUT2D eigenvalue weighted by atomic mass is 35.5. The van der Waals surface area contributed by atoms with Crippen molar-refractivity contribution in [1.82, 2.24) is 20.1 Å². The van der Waals surface area contributed by atoms with E-state index in [0.29, 0.717) is 18.1 Å². The maximum absolute atomic E-state index is 12.8. The Bertz CT molecular complexity index is 1250. The standard InChI is InChI=1S/C24H24ClN5OS/c1-16-21-22(30(28-16)20-10-3-2-4-11-20)27-24(32-21)29-12-6-8-18(15-29)23(31)26-14-17-7-5-9-19(25)13-17/h2-5,7,9-11,13,18H,6,8,12,14-15H2,1H3,(H,26,31)/t18-/m0/s1. The summed E-state index contributed by atoms with van der Waals surface area (Å²) in [5.41, 5.74) is 3.85. The molecule has 1 aliphatic heterocycles. The van der Waals surface area contributed by atoms with Crippen molar-refractivity contribution in [3.05, 3.63) is 70.9 Å². The molecule has 2 aromatic heterocycles. The number of carbonyl (C=O) groups is 1. The molecule has 0 aliphatic carbocycles. The first-order valence-corrected chi connectivity index (χ1v) is 12.0. The van der Waals surface area contributed by atoms with E-state index >= 15 is 0 Å². The molecule has 1 amide bonds. The predicted octanol–water partition coefficient (Wildman–Crippen LogP) is 4.98. The highest BCUT2D eigenvalue weighted by Gasteiger charge is 2.28. The van der Waals surface area contributed by atoms with Gasteiger partial charge in [-0.05, 0) is 49.6 Å². The van der Waals surface area contributed by atoms with Gasteiger partial charge in [-0.2, -0.15) is 10.1 Å². The number of amides is 1. The molecule has 0 radical (unpaired) electrons. The molecule has 5 rings (SSSR count). The lowest BCUT2D eigenvalue weighted by Crippen LogP contribution is -2.43. The van der Waals surface area contributed by atoms with Crippen molar-refractivity contribution in [2.75, 3.05) is 18.0 Å². The van der Waals surface area contributed by atoms with Gasteiger partial charge in [0.25, 0.3) is 0 Å². The summed E-state index contributed by atoms with van der Waals surface area (Å²) in [6, 6.07) is 17.7. The normalized spacial score (nSPS) is 16.4. The van der Waals surface area contributed by atoms with Gasteiger partial charge in [0, 0.05) is 24.7 Å². The number of piperidine rings is 1. The molecule has 1 aliphatic rings. The van der Waals surface area contributed by atoms with Gasteiger partial charge in [0.15, 0.2) is 10.8 Å². The molecule has 0 unspecified atom stereocenters. The van der Waals surface area contributed by atoms with Gasteiger partial charge in [-0.1, -0.05) is 53.3 Å². The average Bonchev–Trinajstić information content (AvgIpc) is 3.39. The molecule has 1 atom stereocenters. The molecule has 6 nitrogen and oxygen atoms in total. The second kappa shape index (κ2) is 8.92. The lowest BCUT2D eigenvalue weighted by Gasteiger charge is -2.31. The van der Waals surface area contributed by atoms with Crippen molar-refractivity contribution in [2.45, 2.75) is 26.3 Å². The Kier molecular flexibility index (Phi) is 5.85. The number of aromatic nitrogens is 3. The van der Waals surface area contributed by atoms with Gasteiger partial charge in [0.05, 0.1) is 22.0 Å². The molecule has 32 heavy (non-hydrogen) atoms. The van der Waals surface area contributed by atoms with Gasteiger partial charge >= 0.3 is 0 Å². The molecule has 8 heteroatoms. The fraction of sp³-hybridized carbons (Fsp3) is 0.292. The third-order valence-corrected chi connectivity index (χ3v) is 7.25. The molecule has 1 N–H and O–H groups in total. The molecular weight excluding hydrogens is 442 g/mol. The Morgan fingerprint density at radius 1 is 1.22 bits per heavy atom. The lowest BCUT2D eigenvalue weighted by molar-refractivity contribution is -0.125. The summed E-state index contributed by atoms with van der Waals surface area (Å²) in [5, 5.41) is 9.39. The number of benzene rings is 2.